The summed E-state index contributed by atoms with van der Waals surface area (Å²) < 4.78 is 0. The van der Waals surface area contributed by atoms with Crippen molar-refractivity contribution in [1.82, 2.24) is 0 Å². The third-order valence-electron chi connectivity index (χ3n) is 1.78. The molecule has 1 aliphatic carbocycles. The van der Waals surface area contributed by atoms with Gasteiger partial charge < -0.3 is 0 Å². The molecular formula is C10H9Li. The summed E-state index contributed by atoms with van der Waals surface area (Å²) >= 11 is 0. The van der Waals surface area contributed by atoms with Crippen molar-refractivity contribution in [3.05, 3.63) is 34.7 Å². The molecule has 0 saturated carbocycles. The number of benzene rings is 1. The fourth-order valence-electron chi connectivity index (χ4n) is 1.27. The molecule has 1 aromatic carbocycles. The Morgan fingerprint density at radius 2 is 2.00 bits per heavy atom. The molecule has 0 fully saturated rings. The van der Waals surface area contributed by atoms with Gasteiger partial charge in [-0.25, -0.2) is 6.08 Å². The molecule has 0 unspecified atom stereocenters. The van der Waals surface area contributed by atoms with Gasteiger partial charge in [0.05, 0.1) is 0 Å². The Labute approximate surface area is 78.8 Å². The van der Waals surface area contributed by atoms with Crippen molar-refractivity contribution in [2.24, 2.45) is 0 Å². The van der Waals surface area contributed by atoms with Gasteiger partial charge in [-0.3, -0.25) is 0 Å². The molecule has 11 heavy (non-hydrogen) atoms. The van der Waals surface area contributed by atoms with Crippen molar-refractivity contribution in [1.29, 1.82) is 0 Å². The number of hydrogen-bond acceptors (Lipinski definition) is 0. The van der Waals surface area contributed by atoms with Crippen molar-refractivity contribution in [3.8, 4) is 0 Å². The minimum Gasteiger partial charge on any atom is -0.200 e. The Hall–Kier alpha value is -0.443. The molecule has 0 aromatic heterocycles. The van der Waals surface area contributed by atoms with E-state index >= 15 is 0 Å². The van der Waals surface area contributed by atoms with Crippen LogP contribution < -0.4 is 29.3 Å². The molecule has 0 amide bonds. The van der Waals surface area contributed by atoms with Crippen molar-refractivity contribution >= 4 is 12.2 Å². The molecule has 0 bridgehead atoms. The minimum absolute atomic E-state index is 0. The second-order valence-electron chi connectivity index (χ2n) is 2.51. The summed E-state index contributed by atoms with van der Waals surface area (Å²) in [5.74, 6) is 0. The van der Waals surface area contributed by atoms with E-state index in [1.165, 1.54) is 10.4 Å². The molecule has 1 aromatic rings. The van der Waals surface area contributed by atoms with Crippen LogP contribution in [0.2, 0.25) is 0 Å². The first-order chi connectivity index (χ1) is 4.97. The first kappa shape index (κ1) is 8.65. The molecule has 0 nitrogen and oxygen atoms in total. The average molecular weight is 136 g/mol. The third kappa shape index (κ3) is 1.77. The fourth-order valence-corrected chi connectivity index (χ4v) is 1.27. The van der Waals surface area contributed by atoms with E-state index in [-0.39, 0.29) is 18.9 Å². The van der Waals surface area contributed by atoms with E-state index in [9.17, 15) is 0 Å². The quantitative estimate of drug-likeness (QED) is 0.284. The molecule has 0 aliphatic heterocycles. The van der Waals surface area contributed by atoms with Gasteiger partial charge in [0.25, 0.3) is 0 Å². The summed E-state index contributed by atoms with van der Waals surface area (Å²) in [7, 11) is 0. The molecule has 0 atom stereocenters. The standard InChI is InChI=1S/C10H9.Li/c1-2-6-10-8-4-3-7-9(10)5-1;/h1-2,5-7H,3-4H2;/q-1;+1. The van der Waals surface area contributed by atoms with Crippen molar-refractivity contribution in [2.45, 2.75) is 12.8 Å². The van der Waals surface area contributed by atoms with Crippen LogP contribution in [0.3, 0.4) is 0 Å². The first-order valence-electron chi connectivity index (χ1n) is 3.63. The zero-order chi connectivity index (χ0) is 6.81. The molecule has 1 aliphatic rings. The maximum atomic E-state index is 3.33. The van der Waals surface area contributed by atoms with Gasteiger partial charge in [0, 0.05) is 0 Å². The minimum atomic E-state index is 0. The Bertz CT molecular complexity index is 303. The molecule has 0 spiro atoms. The summed E-state index contributed by atoms with van der Waals surface area (Å²) in [6.07, 6.45) is 7.83. The van der Waals surface area contributed by atoms with Crippen molar-refractivity contribution in [3.63, 3.8) is 0 Å². The molecule has 2 rings (SSSR count). The van der Waals surface area contributed by atoms with Crippen LogP contribution in [0.4, 0.5) is 0 Å². The van der Waals surface area contributed by atoms with Gasteiger partial charge >= 0.3 is 18.9 Å². The van der Waals surface area contributed by atoms with Crippen LogP contribution in [0.15, 0.2) is 24.3 Å². The first-order valence-corrected chi connectivity index (χ1v) is 3.63. The molecule has 0 radical (unpaired) electrons. The predicted octanol–water partition coefficient (Wildman–Crippen LogP) is -2.08. The Kier molecular flexibility index (Phi) is 3.00. The Morgan fingerprint density at radius 1 is 1.18 bits per heavy atom. The maximum absolute atomic E-state index is 3.33. The molecule has 0 N–H and O–H groups in total. The van der Waals surface area contributed by atoms with Gasteiger partial charge in [-0.05, 0) is 0 Å². The van der Waals surface area contributed by atoms with Crippen LogP contribution in [0.25, 0.3) is 12.2 Å². The molecule has 0 saturated heterocycles. The third-order valence-corrected chi connectivity index (χ3v) is 1.78. The number of hydrogen-bond donors (Lipinski definition) is 0. The van der Waals surface area contributed by atoms with Gasteiger partial charge in [-0.1, -0.05) is 18.9 Å². The summed E-state index contributed by atoms with van der Waals surface area (Å²) in [5, 5.41) is 2.61. The molecule has 50 valence electrons. The van der Waals surface area contributed by atoms with Crippen LogP contribution in [0, 0.1) is 0 Å². The second-order valence-corrected chi connectivity index (χ2v) is 2.51. The number of rotatable bonds is 0. The summed E-state index contributed by atoms with van der Waals surface area (Å²) in [5.41, 5.74) is 0. The fraction of sp³-hybridized carbons (Fsp3) is 0.200. The van der Waals surface area contributed by atoms with Crippen LogP contribution in [-0.2, 0) is 0 Å². The molecule has 0 heterocycles. The molecule has 1 heteroatoms. The SMILES string of the molecule is [C-]1=c2ccccc2=CCC1.[Li+]. The van der Waals surface area contributed by atoms with E-state index in [0.717, 1.165) is 12.8 Å². The average Bonchev–Trinajstić information content (AvgIpc) is 2.05. The van der Waals surface area contributed by atoms with Crippen LogP contribution >= 0.6 is 0 Å². The van der Waals surface area contributed by atoms with E-state index in [4.69, 9.17) is 0 Å². The van der Waals surface area contributed by atoms with Gasteiger partial charge in [0.15, 0.2) is 0 Å². The van der Waals surface area contributed by atoms with Gasteiger partial charge in [0.2, 0.25) is 0 Å². The summed E-state index contributed by atoms with van der Waals surface area (Å²) in [6, 6.07) is 8.39. The second kappa shape index (κ2) is 3.81. The van der Waals surface area contributed by atoms with E-state index in [2.05, 4.69) is 36.4 Å². The topological polar surface area (TPSA) is 0 Å². The maximum Gasteiger partial charge on any atom is 1.00 e. The monoisotopic (exact) mass is 136 g/mol. The van der Waals surface area contributed by atoms with E-state index in [1.54, 1.807) is 0 Å². The predicted molar refractivity (Wildman–Crippen MR) is 42.8 cm³/mol. The van der Waals surface area contributed by atoms with Crippen LogP contribution in [0.1, 0.15) is 12.8 Å². The largest absolute Gasteiger partial charge is 1.00 e. The van der Waals surface area contributed by atoms with Gasteiger partial charge in [0.1, 0.15) is 0 Å². The zero-order valence-electron chi connectivity index (χ0n) is 6.80. The zero-order valence-corrected chi connectivity index (χ0v) is 6.80. The Balaban J connectivity index is 0.000000605. The van der Waals surface area contributed by atoms with E-state index in [0.29, 0.717) is 0 Å². The molecular weight excluding hydrogens is 127 g/mol. The van der Waals surface area contributed by atoms with Crippen LogP contribution in [-0.4, -0.2) is 0 Å². The van der Waals surface area contributed by atoms with Crippen LogP contribution in [0.5, 0.6) is 0 Å². The normalized spacial score (nSPS) is 13.5. The van der Waals surface area contributed by atoms with Gasteiger partial charge in [-0.15, -0.1) is 23.4 Å². The van der Waals surface area contributed by atoms with Crippen molar-refractivity contribution < 1.29 is 18.9 Å². The summed E-state index contributed by atoms with van der Waals surface area (Å²) in [4.78, 5) is 0. The summed E-state index contributed by atoms with van der Waals surface area (Å²) in [6.45, 7) is 0. The van der Waals surface area contributed by atoms with E-state index in [1.807, 2.05) is 0 Å². The van der Waals surface area contributed by atoms with E-state index < -0.39 is 0 Å². The van der Waals surface area contributed by atoms with Gasteiger partial charge in [-0.2, -0.15) is 11.3 Å². The smallest absolute Gasteiger partial charge is 0.200 e. The Morgan fingerprint density at radius 3 is 2.82 bits per heavy atom. The number of fused-ring (bicyclic) bond motifs is 1. The van der Waals surface area contributed by atoms with Crippen molar-refractivity contribution in [2.75, 3.05) is 0 Å².